The zero-order valence-electron chi connectivity index (χ0n) is 11.6. The summed E-state index contributed by atoms with van der Waals surface area (Å²) >= 11 is 0. The zero-order valence-corrected chi connectivity index (χ0v) is 11.6. The Morgan fingerprint density at radius 3 is 2.24 bits per heavy atom. The molecule has 2 aromatic rings. The summed E-state index contributed by atoms with van der Waals surface area (Å²) in [6, 6.07) is 16.7. The first-order valence-corrected chi connectivity index (χ1v) is 6.79. The van der Waals surface area contributed by atoms with Gasteiger partial charge in [-0.1, -0.05) is 54.6 Å². The lowest BCUT2D eigenvalue weighted by Gasteiger charge is -2.14. The van der Waals surface area contributed by atoms with Crippen molar-refractivity contribution in [2.75, 3.05) is 6.61 Å². The molecular formula is C17H18O4. The van der Waals surface area contributed by atoms with Gasteiger partial charge in [0, 0.05) is 0 Å². The van der Waals surface area contributed by atoms with Gasteiger partial charge in [-0.05, 0) is 23.1 Å². The van der Waals surface area contributed by atoms with E-state index in [1.54, 1.807) is 30.3 Å². The van der Waals surface area contributed by atoms with Gasteiger partial charge >= 0.3 is 5.97 Å². The number of benzene rings is 2. The number of carboxylic acids is 1. The number of aliphatic hydroxyl groups excluding tert-OH is 1. The Morgan fingerprint density at radius 2 is 1.62 bits per heavy atom. The number of hydrogen-bond acceptors (Lipinski definition) is 3. The third-order valence-corrected chi connectivity index (χ3v) is 3.24. The van der Waals surface area contributed by atoms with Crippen molar-refractivity contribution in [3.8, 4) is 0 Å². The number of carbonyl (C=O) groups is 1. The van der Waals surface area contributed by atoms with Crippen LogP contribution in [0.5, 0.6) is 0 Å². The summed E-state index contributed by atoms with van der Waals surface area (Å²) in [5.41, 5.74) is 3.21. The second-order valence-corrected chi connectivity index (χ2v) is 4.72. The molecule has 0 unspecified atom stereocenters. The fraction of sp³-hybridized carbons (Fsp3) is 0.235. The second-order valence-electron chi connectivity index (χ2n) is 4.72. The summed E-state index contributed by atoms with van der Waals surface area (Å²) in [4.78, 5) is 10.2. The molecular weight excluding hydrogens is 268 g/mol. The van der Waals surface area contributed by atoms with Crippen molar-refractivity contribution in [1.29, 1.82) is 0 Å². The van der Waals surface area contributed by atoms with E-state index in [0.717, 1.165) is 19.6 Å². The topological polar surface area (TPSA) is 66.8 Å². The summed E-state index contributed by atoms with van der Waals surface area (Å²) in [6.45, 7) is 1.69. The van der Waals surface area contributed by atoms with Crippen molar-refractivity contribution in [3.63, 3.8) is 0 Å². The van der Waals surface area contributed by atoms with Crippen molar-refractivity contribution >= 4 is 5.97 Å². The Bertz CT molecular complexity index is 555. The summed E-state index contributed by atoms with van der Waals surface area (Å²) < 4.78 is 5.30. The molecule has 21 heavy (non-hydrogen) atoms. The summed E-state index contributed by atoms with van der Waals surface area (Å²) in [5, 5.41) is 17.4. The lowest BCUT2D eigenvalue weighted by molar-refractivity contribution is -0.146. The standard InChI is InChI=1S/C9H10O.C8H8O3/c1-2-4-9-7-10-6-5-8(9)3-1;9-7(8(10)11)6-4-2-1-3-5-6/h1-4H,5-7H2;1-5,7,9H,(H,10,11)/t;7-/m.1/s1. The fourth-order valence-corrected chi connectivity index (χ4v) is 2.08. The summed E-state index contributed by atoms with van der Waals surface area (Å²) in [5.74, 6) is -1.23. The van der Waals surface area contributed by atoms with Gasteiger partial charge in [-0.3, -0.25) is 0 Å². The molecule has 0 aromatic heterocycles. The highest BCUT2D eigenvalue weighted by Gasteiger charge is 2.14. The van der Waals surface area contributed by atoms with E-state index in [1.165, 1.54) is 11.1 Å². The van der Waals surface area contributed by atoms with E-state index in [9.17, 15) is 4.79 Å². The number of rotatable bonds is 2. The predicted molar refractivity (Wildman–Crippen MR) is 78.8 cm³/mol. The van der Waals surface area contributed by atoms with Crippen LogP contribution in [-0.4, -0.2) is 22.8 Å². The van der Waals surface area contributed by atoms with Crippen LogP contribution in [0.15, 0.2) is 54.6 Å². The van der Waals surface area contributed by atoms with Gasteiger partial charge in [0.25, 0.3) is 0 Å². The fourth-order valence-electron chi connectivity index (χ4n) is 2.08. The molecule has 0 amide bonds. The molecule has 0 aliphatic carbocycles. The third-order valence-electron chi connectivity index (χ3n) is 3.24. The van der Waals surface area contributed by atoms with E-state index in [-0.39, 0.29) is 0 Å². The Kier molecular flexibility index (Phi) is 5.49. The average molecular weight is 286 g/mol. The lowest BCUT2D eigenvalue weighted by Crippen LogP contribution is -2.09. The Hall–Kier alpha value is -2.17. The number of aliphatic carboxylic acids is 1. The normalized spacial score (nSPS) is 14.3. The van der Waals surface area contributed by atoms with Crippen LogP contribution in [0.25, 0.3) is 0 Å². The SMILES string of the molecule is O=C(O)[C@H](O)c1ccccc1.c1ccc2c(c1)CCOC2. The predicted octanol–water partition coefficient (Wildman–Crippen LogP) is 2.56. The number of carboxylic acid groups (broad SMARTS) is 1. The van der Waals surface area contributed by atoms with Gasteiger partial charge in [-0.25, -0.2) is 4.79 Å². The molecule has 1 aliphatic rings. The van der Waals surface area contributed by atoms with Gasteiger partial charge < -0.3 is 14.9 Å². The van der Waals surface area contributed by atoms with Crippen molar-refractivity contribution in [2.45, 2.75) is 19.1 Å². The van der Waals surface area contributed by atoms with Gasteiger partial charge in [0.2, 0.25) is 0 Å². The maximum atomic E-state index is 10.2. The van der Waals surface area contributed by atoms with Crippen LogP contribution in [0.3, 0.4) is 0 Å². The molecule has 4 nitrogen and oxygen atoms in total. The average Bonchev–Trinajstić information content (AvgIpc) is 2.55. The highest BCUT2D eigenvalue weighted by molar-refractivity contribution is 5.73. The first-order valence-electron chi connectivity index (χ1n) is 6.79. The highest BCUT2D eigenvalue weighted by atomic mass is 16.5. The maximum Gasteiger partial charge on any atom is 0.337 e. The van der Waals surface area contributed by atoms with Crippen LogP contribution in [0.4, 0.5) is 0 Å². The number of fused-ring (bicyclic) bond motifs is 1. The third kappa shape index (κ3) is 4.41. The van der Waals surface area contributed by atoms with E-state index >= 15 is 0 Å². The van der Waals surface area contributed by atoms with E-state index in [0.29, 0.717) is 5.56 Å². The first-order chi connectivity index (χ1) is 10.2. The minimum absolute atomic E-state index is 0.403. The second kappa shape index (κ2) is 7.57. The summed E-state index contributed by atoms with van der Waals surface area (Å²) in [7, 11) is 0. The van der Waals surface area contributed by atoms with Crippen LogP contribution in [0.2, 0.25) is 0 Å². The molecule has 1 heterocycles. The zero-order chi connectivity index (χ0) is 15.1. The molecule has 2 N–H and O–H groups in total. The van der Waals surface area contributed by atoms with Gasteiger partial charge in [0.1, 0.15) is 0 Å². The number of aliphatic hydroxyl groups is 1. The first kappa shape index (κ1) is 15.2. The molecule has 0 fully saturated rings. The van der Waals surface area contributed by atoms with Crippen LogP contribution >= 0.6 is 0 Å². The van der Waals surface area contributed by atoms with Gasteiger partial charge in [0.15, 0.2) is 6.10 Å². The van der Waals surface area contributed by atoms with Gasteiger partial charge in [0.05, 0.1) is 13.2 Å². The number of ether oxygens (including phenoxy) is 1. The molecule has 0 radical (unpaired) electrons. The maximum absolute atomic E-state index is 10.2. The lowest BCUT2D eigenvalue weighted by atomic mass is 10.0. The van der Waals surface area contributed by atoms with E-state index in [4.69, 9.17) is 14.9 Å². The van der Waals surface area contributed by atoms with Crippen molar-refractivity contribution in [1.82, 2.24) is 0 Å². The quantitative estimate of drug-likeness (QED) is 0.890. The summed E-state index contributed by atoms with van der Waals surface area (Å²) in [6.07, 6.45) is -0.327. The van der Waals surface area contributed by atoms with Crippen molar-refractivity contribution in [2.24, 2.45) is 0 Å². The largest absolute Gasteiger partial charge is 0.479 e. The van der Waals surface area contributed by atoms with E-state index in [1.807, 2.05) is 0 Å². The van der Waals surface area contributed by atoms with Crippen LogP contribution in [0, 0.1) is 0 Å². The smallest absolute Gasteiger partial charge is 0.337 e. The molecule has 1 aliphatic heterocycles. The highest BCUT2D eigenvalue weighted by Crippen LogP contribution is 2.15. The molecule has 110 valence electrons. The molecule has 3 rings (SSSR count). The molecule has 1 atom stereocenters. The minimum atomic E-state index is -1.41. The van der Waals surface area contributed by atoms with Gasteiger partial charge in [-0.2, -0.15) is 0 Å². The molecule has 4 heteroatoms. The van der Waals surface area contributed by atoms with E-state index < -0.39 is 12.1 Å². The Balaban J connectivity index is 0.000000154. The Morgan fingerprint density at radius 1 is 1.00 bits per heavy atom. The van der Waals surface area contributed by atoms with E-state index in [2.05, 4.69) is 24.3 Å². The molecule has 0 spiro atoms. The molecule has 0 bridgehead atoms. The number of hydrogen-bond donors (Lipinski definition) is 2. The monoisotopic (exact) mass is 286 g/mol. The van der Waals surface area contributed by atoms with Crippen LogP contribution in [-0.2, 0) is 22.6 Å². The molecule has 2 aromatic carbocycles. The molecule has 0 saturated heterocycles. The van der Waals surface area contributed by atoms with Gasteiger partial charge in [-0.15, -0.1) is 0 Å². The van der Waals surface area contributed by atoms with Crippen LogP contribution < -0.4 is 0 Å². The van der Waals surface area contributed by atoms with Crippen molar-refractivity contribution < 1.29 is 19.7 Å². The Labute approximate surface area is 123 Å². The van der Waals surface area contributed by atoms with Crippen LogP contribution in [0.1, 0.15) is 22.8 Å². The van der Waals surface area contributed by atoms with Crippen molar-refractivity contribution in [3.05, 3.63) is 71.3 Å². The minimum Gasteiger partial charge on any atom is -0.479 e. The molecule has 0 saturated carbocycles.